The summed E-state index contributed by atoms with van der Waals surface area (Å²) in [6.07, 6.45) is 2.55. The summed E-state index contributed by atoms with van der Waals surface area (Å²) in [6, 6.07) is 6.05. The van der Waals surface area contributed by atoms with Gasteiger partial charge in [0.25, 0.3) is 0 Å². The van der Waals surface area contributed by atoms with Gasteiger partial charge >= 0.3 is 5.97 Å². The van der Waals surface area contributed by atoms with Crippen molar-refractivity contribution in [2.45, 2.75) is 25.8 Å². The van der Waals surface area contributed by atoms with E-state index in [1.165, 1.54) is 19.4 Å². The van der Waals surface area contributed by atoms with Gasteiger partial charge in [0.2, 0.25) is 0 Å². The molecule has 3 rings (SSSR count). The van der Waals surface area contributed by atoms with Gasteiger partial charge in [0.1, 0.15) is 0 Å². The number of rotatable bonds is 3. The van der Waals surface area contributed by atoms with Gasteiger partial charge in [-0.05, 0) is 44.5 Å². The third-order valence-corrected chi connectivity index (χ3v) is 4.47. The van der Waals surface area contributed by atoms with E-state index in [2.05, 4.69) is 9.80 Å². The van der Waals surface area contributed by atoms with Gasteiger partial charge in [-0.25, -0.2) is 4.79 Å². The molecule has 2 fully saturated rings. The lowest BCUT2D eigenvalue weighted by Crippen LogP contribution is -2.50. The first kappa shape index (κ1) is 14.2. The molecule has 5 nitrogen and oxygen atoms in total. The second-order valence-electron chi connectivity index (χ2n) is 5.77. The number of carbonyl (C=O) groups is 1. The van der Waals surface area contributed by atoms with Gasteiger partial charge in [0, 0.05) is 25.7 Å². The van der Waals surface area contributed by atoms with E-state index in [1.54, 1.807) is 6.07 Å². The fraction of sp³-hybridized carbons (Fsp3) is 0.562. The molecule has 114 valence electrons. The Morgan fingerprint density at radius 1 is 1.38 bits per heavy atom. The van der Waals surface area contributed by atoms with Crippen molar-refractivity contribution in [1.29, 1.82) is 0 Å². The number of hydrogen-bond acceptors (Lipinski definition) is 5. The van der Waals surface area contributed by atoms with Crippen LogP contribution < -0.4 is 10.6 Å². The van der Waals surface area contributed by atoms with E-state index >= 15 is 0 Å². The minimum Gasteiger partial charge on any atom is -0.462 e. The predicted molar refractivity (Wildman–Crippen MR) is 83.6 cm³/mol. The first-order valence-electron chi connectivity index (χ1n) is 7.74. The fourth-order valence-electron chi connectivity index (χ4n) is 3.37. The molecule has 2 N–H and O–H groups in total. The number of nitrogen functional groups attached to an aromatic ring is 1. The molecular formula is C16H23N3O2. The molecule has 0 saturated carbocycles. The van der Waals surface area contributed by atoms with Crippen LogP contribution >= 0.6 is 0 Å². The molecule has 2 aliphatic heterocycles. The van der Waals surface area contributed by atoms with Crippen LogP contribution in [0, 0.1) is 0 Å². The third kappa shape index (κ3) is 2.83. The number of esters is 1. The van der Waals surface area contributed by atoms with E-state index in [4.69, 9.17) is 10.5 Å². The normalized spacial score (nSPS) is 22.1. The molecule has 1 unspecified atom stereocenters. The highest BCUT2D eigenvalue weighted by atomic mass is 16.5. The summed E-state index contributed by atoms with van der Waals surface area (Å²) in [4.78, 5) is 16.8. The molecule has 5 heteroatoms. The van der Waals surface area contributed by atoms with Crippen LogP contribution in [-0.4, -0.2) is 49.7 Å². The Kier molecular flexibility index (Phi) is 4.01. The van der Waals surface area contributed by atoms with Crippen molar-refractivity contribution < 1.29 is 9.53 Å². The molecule has 1 atom stereocenters. The SMILES string of the molecule is CCOC(=O)c1ccc(N)c(N2CCN3CCCC3C2)c1. The number of nitrogens with zero attached hydrogens (tertiary/aromatic N) is 2. The monoisotopic (exact) mass is 289 g/mol. The van der Waals surface area contributed by atoms with Crippen LogP contribution in [-0.2, 0) is 4.74 Å². The third-order valence-electron chi connectivity index (χ3n) is 4.47. The highest BCUT2D eigenvalue weighted by Crippen LogP contribution is 2.30. The number of fused-ring (bicyclic) bond motifs is 1. The second-order valence-corrected chi connectivity index (χ2v) is 5.77. The van der Waals surface area contributed by atoms with Crippen LogP contribution in [0.2, 0.25) is 0 Å². The van der Waals surface area contributed by atoms with E-state index in [-0.39, 0.29) is 5.97 Å². The van der Waals surface area contributed by atoms with Crippen LogP contribution in [0.25, 0.3) is 0 Å². The average molecular weight is 289 g/mol. The van der Waals surface area contributed by atoms with Crippen molar-refractivity contribution in [2.75, 3.05) is 43.4 Å². The van der Waals surface area contributed by atoms with E-state index in [9.17, 15) is 4.79 Å². The number of ether oxygens (including phenoxy) is 1. The number of anilines is 2. The van der Waals surface area contributed by atoms with Gasteiger partial charge in [0.15, 0.2) is 0 Å². The molecular weight excluding hydrogens is 266 g/mol. The van der Waals surface area contributed by atoms with Gasteiger partial charge < -0.3 is 15.4 Å². The molecule has 0 amide bonds. The van der Waals surface area contributed by atoms with Crippen molar-refractivity contribution in [3.05, 3.63) is 23.8 Å². The van der Waals surface area contributed by atoms with Gasteiger partial charge in [-0.2, -0.15) is 0 Å². The van der Waals surface area contributed by atoms with E-state index in [1.807, 2.05) is 19.1 Å². The number of piperazine rings is 1. The average Bonchev–Trinajstić information content (AvgIpc) is 2.95. The van der Waals surface area contributed by atoms with E-state index in [0.29, 0.717) is 18.2 Å². The Labute approximate surface area is 125 Å². The number of benzene rings is 1. The number of hydrogen-bond donors (Lipinski definition) is 1. The highest BCUT2D eigenvalue weighted by Gasteiger charge is 2.31. The number of nitrogens with two attached hydrogens (primary N) is 1. The van der Waals surface area contributed by atoms with Gasteiger partial charge in [-0.15, -0.1) is 0 Å². The molecule has 0 aliphatic carbocycles. The Bertz CT molecular complexity index is 532. The molecule has 0 aromatic heterocycles. The topological polar surface area (TPSA) is 58.8 Å². The quantitative estimate of drug-likeness (QED) is 0.678. The zero-order valence-electron chi connectivity index (χ0n) is 12.5. The fourth-order valence-corrected chi connectivity index (χ4v) is 3.37. The first-order chi connectivity index (χ1) is 10.2. The first-order valence-corrected chi connectivity index (χ1v) is 7.74. The largest absolute Gasteiger partial charge is 0.462 e. The zero-order valence-corrected chi connectivity index (χ0v) is 12.5. The zero-order chi connectivity index (χ0) is 14.8. The van der Waals surface area contributed by atoms with Crippen molar-refractivity contribution in [3.8, 4) is 0 Å². The minimum atomic E-state index is -0.279. The summed E-state index contributed by atoms with van der Waals surface area (Å²) in [5, 5.41) is 0. The van der Waals surface area contributed by atoms with Crippen LogP contribution in [0.3, 0.4) is 0 Å². The Morgan fingerprint density at radius 2 is 2.24 bits per heavy atom. The molecule has 0 spiro atoms. The van der Waals surface area contributed by atoms with Crippen molar-refractivity contribution in [1.82, 2.24) is 4.90 Å². The molecule has 2 heterocycles. The summed E-state index contributed by atoms with van der Waals surface area (Å²) in [7, 11) is 0. The van der Waals surface area contributed by atoms with Crippen LogP contribution in [0.1, 0.15) is 30.1 Å². The van der Waals surface area contributed by atoms with Crippen molar-refractivity contribution in [3.63, 3.8) is 0 Å². The Balaban J connectivity index is 1.80. The molecule has 0 bridgehead atoms. The van der Waals surface area contributed by atoms with E-state index < -0.39 is 0 Å². The van der Waals surface area contributed by atoms with Crippen molar-refractivity contribution in [2.24, 2.45) is 0 Å². The Morgan fingerprint density at radius 3 is 3.05 bits per heavy atom. The summed E-state index contributed by atoms with van der Waals surface area (Å²) >= 11 is 0. The van der Waals surface area contributed by atoms with Gasteiger partial charge in [-0.1, -0.05) is 0 Å². The van der Waals surface area contributed by atoms with Crippen LogP contribution in [0.5, 0.6) is 0 Å². The smallest absolute Gasteiger partial charge is 0.338 e. The molecule has 2 aliphatic rings. The predicted octanol–water partition coefficient (Wildman–Crippen LogP) is 1.73. The molecule has 1 aromatic rings. The van der Waals surface area contributed by atoms with Crippen molar-refractivity contribution >= 4 is 17.3 Å². The summed E-state index contributed by atoms with van der Waals surface area (Å²) < 4.78 is 5.07. The summed E-state index contributed by atoms with van der Waals surface area (Å²) in [5.74, 6) is -0.279. The lowest BCUT2D eigenvalue weighted by atomic mass is 10.1. The number of carbonyl (C=O) groups excluding carboxylic acids is 1. The molecule has 0 radical (unpaired) electrons. The van der Waals surface area contributed by atoms with Gasteiger partial charge in [0.05, 0.1) is 23.5 Å². The molecule has 21 heavy (non-hydrogen) atoms. The second kappa shape index (κ2) is 5.93. The van der Waals surface area contributed by atoms with Gasteiger partial charge in [-0.3, -0.25) is 4.90 Å². The summed E-state index contributed by atoms with van der Waals surface area (Å²) in [6.45, 7) is 6.46. The molecule has 2 saturated heterocycles. The molecule has 1 aromatic carbocycles. The van der Waals surface area contributed by atoms with E-state index in [0.717, 1.165) is 31.0 Å². The lowest BCUT2D eigenvalue weighted by Gasteiger charge is -2.39. The minimum absolute atomic E-state index is 0.279. The van der Waals surface area contributed by atoms with Crippen LogP contribution in [0.15, 0.2) is 18.2 Å². The highest BCUT2D eigenvalue weighted by molar-refractivity contribution is 5.92. The maximum Gasteiger partial charge on any atom is 0.338 e. The Hall–Kier alpha value is -1.75. The maximum atomic E-state index is 11.9. The van der Waals surface area contributed by atoms with Crippen LogP contribution in [0.4, 0.5) is 11.4 Å². The summed E-state index contributed by atoms with van der Waals surface area (Å²) in [5.41, 5.74) is 8.40. The maximum absolute atomic E-state index is 11.9. The lowest BCUT2D eigenvalue weighted by molar-refractivity contribution is 0.0526. The standard InChI is InChI=1S/C16H23N3O2/c1-2-21-16(20)12-5-6-14(17)15(10-12)19-9-8-18-7-3-4-13(18)11-19/h5-6,10,13H,2-4,7-9,11,17H2,1H3.